The number of carboxylic acids is 2. The zero-order valence-electron chi connectivity index (χ0n) is 19.0. The molecule has 1 fully saturated rings. The molecule has 0 bridgehead atoms. The van der Waals surface area contributed by atoms with E-state index < -0.39 is 69.3 Å². The molecule has 3 aromatic rings. The number of H-pyrrole nitrogens is 1. The molecular weight excluding hydrogens is 495 g/mol. The molecule has 6 N–H and O–H groups in total. The van der Waals surface area contributed by atoms with E-state index in [1.165, 1.54) is 24.3 Å². The van der Waals surface area contributed by atoms with Crippen molar-refractivity contribution >= 4 is 11.9 Å². The highest BCUT2D eigenvalue weighted by Gasteiger charge is 2.76. The van der Waals surface area contributed by atoms with Crippen LogP contribution in [-0.4, -0.2) is 58.7 Å². The van der Waals surface area contributed by atoms with Crippen molar-refractivity contribution in [3.63, 3.8) is 0 Å². The van der Waals surface area contributed by atoms with Crippen molar-refractivity contribution in [3.8, 4) is 0 Å². The number of aromatic carboxylic acids is 2. The van der Waals surface area contributed by atoms with Crippen LogP contribution in [-0.2, 0) is 16.3 Å². The standard InChI is InChI=1S/C24H21FN2O10/c1-22(35)23(36,15-9-5-4-8-14(15)20(32)33)18(17(29)12-6-2-3-7-13(12)19(30)31)37-24(22,25)27-11-10-16(28)26-21(27)34/h2-11,17-18,29,35-36H,1H3,(H,30,31)(H,32,33)(H,26,28,34)/t17?,18-,22-,23-,24+/m1/s1. The predicted molar refractivity (Wildman–Crippen MR) is 122 cm³/mol. The summed E-state index contributed by atoms with van der Waals surface area (Å²) in [6.07, 6.45) is -3.83. The van der Waals surface area contributed by atoms with E-state index in [0.717, 1.165) is 30.3 Å². The van der Waals surface area contributed by atoms with Crippen LogP contribution in [0.3, 0.4) is 0 Å². The minimum atomic E-state index is -3.71. The van der Waals surface area contributed by atoms with E-state index in [0.29, 0.717) is 13.1 Å². The SMILES string of the molecule is C[C@@]1(O)[C@@](O)(c2ccccc2C(=O)O)[C@@H](C(O)c2ccccc2C(=O)O)O[C@@]1(F)n1ccc(=O)[nH]c1=O. The minimum Gasteiger partial charge on any atom is -0.478 e. The lowest BCUT2D eigenvalue weighted by molar-refractivity contribution is -0.282. The Kier molecular flexibility index (Phi) is 6.12. The van der Waals surface area contributed by atoms with Gasteiger partial charge in [0, 0.05) is 17.8 Å². The van der Waals surface area contributed by atoms with Gasteiger partial charge >= 0.3 is 23.6 Å². The molecule has 2 heterocycles. The van der Waals surface area contributed by atoms with Crippen molar-refractivity contribution in [2.45, 2.75) is 36.3 Å². The Bertz CT molecular complexity index is 1520. The van der Waals surface area contributed by atoms with E-state index in [9.17, 15) is 44.7 Å². The maximum Gasteiger partial charge on any atom is 0.336 e. The van der Waals surface area contributed by atoms with Crippen molar-refractivity contribution in [1.29, 1.82) is 0 Å². The number of aliphatic hydroxyl groups is 3. The Labute approximate surface area is 206 Å². The van der Waals surface area contributed by atoms with Gasteiger partial charge in [-0.2, -0.15) is 4.39 Å². The second-order valence-corrected chi connectivity index (χ2v) is 8.61. The minimum absolute atomic E-state index is 0.124. The second-order valence-electron chi connectivity index (χ2n) is 8.61. The Morgan fingerprint density at radius 1 is 1.00 bits per heavy atom. The summed E-state index contributed by atoms with van der Waals surface area (Å²) in [5, 5.41) is 54.2. The Balaban J connectivity index is 2.05. The molecule has 1 unspecified atom stereocenters. The van der Waals surface area contributed by atoms with Crippen LogP contribution in [0.1, 0.15) is 44.9 Å². The number of aliphatic hydroxyl groups excluding tert-OH is 1. The summed E-state index contributed by atoms with van der Waals surface area (Å²) in [7, 11) is 0. The van der Waals surface area contributed by atoms with Gasteiger partial charge in [0.1, 0.15) is 12.2 Å². The van der Waals surface area contributed by atoms with Crippen molar-refractivity contribution in [3.05, 3.63) is 104 Å². The number of carbonyl (C=O) groups is 2. The fourth-order valence-corrected chi connectivity index (χ4v) is 4.64. The molecule has 1 aliphatic heterocycles. The number of nitrogens with zero attached hydrogens (tertiary/aromatic N) is 1. The van der Waals surface area contributed by atoms with Gasteiger partial charge in [0.25, 0.3) is 5.56 Å². The number of aromatic amines is 1. The number of ether oxygens (including phenoxy) is 1. The van der Waals surface area contributed by atoms with Crippen LogP contribution in [0.5, 0.6) is 0 Å². The van der Waals surface area contributed by atoms with Gasteiger partial charge < -0.3 is 30.3 Å². The quantitative estimate of drug-likeness (QED) is 0.264. The van der Waals surface area contributed by atoms with Gasteiger partial charge in [0.05, 0.1) is 11.1 Å². The molecule has 0 aliphatic carbocycles. The summed E-state index contributed by atoms with van der Waals surface area (Å²) >= 11 is 0. The van der Waals surface area contributed by atoms with Crippen LogP contribution >= 0.6 is 0 Å². The van der Waals surface area contributed by atoms with Crippen LogP contribution in [0, 0.1) is 0 Å². The molecule has 0 saturated carbocycles. The van der Waals surface area contributed by atoms with Crippen LogP contribution < -0.4 is 11.2 Å². The molecule has 194 valence electrons. The molecular formula is C24H21FN2O10. The molecule has 37 heavy (non-hydrogen) atoms. The number of benzene rings is 2. The number of nitrogens with one attached hydrogen (secondary N) is 1. The van der Waals surface area contributed by atoms with Gasteiger partial charge in [-0.25, -0.2) is 19.0 Å². The third kappa shape index (κ3) is 3.67. The first kappa shape index (κ1) is 25.9. The molecule has 13 heteroatoms. The van der Waals surface area contributed by atoms with Crippen molar-refractivity contribution < 1.29 is 44.2 Å². The van der Waals surface area contributed by atoms with E-state index in [-0.39, 0.29) is 10.1 Å². The summed E-state index contributed by atoms with van der Waals surface area (Å²) in [6, 6.07) is 10.4. The molecule has 1 saturated heterocycles. The molecule has 12 nitrogen and oxygen atoms in total. The van der Waals surface area contributed by atoms with Crippen molar-refractivity contribution in [2.24, 2.45) is 0 Å². The number of aromatic nitrogens is 2. The molecule has 0 spiro atoms. The van der Waals surface area contributed by atoms with E-state index in [2.05, 4.69) is 0 Å². The first-order chi connectivity index (χ1) is 17.3. The van der Waals surface area contributed by atoms with E-state index in [1.807, 2.05) is 0 Å². The van der Waals surface area contributed by atoms with Crippen LogP contribution in [0.25, 0.3) is 0 Å². The highest BCUT2D eigenvalue weighted by atomic mass is 19.2. The zero-order valence-corrected chi connectivity index (χ0v) is 19.0. The van der Waals surface area contributed by atoms with Crippen LogP contribution in [0.2, 0.25) is 0 Å². The third-order valence-electron chi connectivity index (χ3n) is 6.54. The van der Waals surface area contributed by atoms with Gasteiger partial charge in [0.2, 0.25) is 0 Å². The smallest absolute Gasteiger partial charge is 0.336 e. The van der Waals surface area contributed by atoms with E-state index >= 15 is 4.39 Å². The van der Waals surface area contributed by atoms with E-state index in [1.54, 1.807) is 4.98 Å². The van der Waals surface area contributed by atoms with E-state index in [4.69, 9.17) is 4.74 Å². The van der Waals surface area contributed by atoms with Crippen LogP contribution in [0.15, 0.2) is 70.4 Å². The second kappa shape index (κ2) is 8.74. The lowest BCUT2D eigenvalue weighted by Crippen LogP contribution is -2.61. The summed E-state index contributed by atoms with van der Waals surface area (Å²) < 4.78 is 22.2. The number of rotatable bonds is 6. The lowest BCUT2D eigenvalue weighted by atomic mass is 9.71. The average molecular weight is 516 g/mol. The Morgan fingerprint density at radius 3 is 2.16 bits per heavy atom. The number of hydrogen-bond acceptors (Lipinski definition) is 8. The first-order valence-corrected chi connectivity index (χ1v) is 10.7. The maximum atomic E-state index is 16.7. The number of alkyl halides is 1. The monoisotopic (exact) mass is 516 g/mol. The third-order valence-corrected chi connectivity index (χ3v) is 6.54. The van der Waals surface area contributed by atoms with Gasteiger partial charge in [-0.3, -0.25) is 9.78 Å². The molecule has 0 amide bonds. The predicted octanol–water partition coefficient (Wildman–Crippen LogP) is 0.284. The summed E-state index contributed by atoms with van der Waals surface area (Å²) in [5.41, 5.74) is -10.7. The van der Waals surface area contributed by atoms with Crippen molar-refractivity contribution in [1.82, 2.24) is 9.55 Å². The average Bonchev–Trinajstić information content (AvgIpc) is 3.01. The highest BCUT2D eigenvalue weighted by molar-refractivity contribution is 5.90. The largest absolute Gasteiger partial charge is 0.478 e. The number of halogens is 1. The topological polar surface area (TPSA) is 199 Å². The lowest BCUT2D eigenvalue weighted by Gasteiger charge is -2.41. The van der Waals surface area contributed by atoms with Gasteiger partial charge in [-0.1, -0.05) is 36.4 Å². The molecule has 4 rings (SSSR count). The molecule has 5 atom stereocenters. The van der Waals surface area contributed by atoms with Crippen molar-refractivity contribution in [2.75, 3.05) is 0 Å². The fraction of sp³-hybridized carbons (Fsp3) is 0.250. The number of carboxylic acid groups (broad SMARTS) is 2. The molecule has 1 aliphatic rings. The first-order valence-electron chi connectivity index (χ1n) is 10.7. The molecule has 0 radical (unpaired) electrons. The van der Waals surface area contributed by atoms with Gasteiger partial charge in [-0.15, -0.1) is 0 Å². The fourth-order valence-electron chi connectivity index (χ4n) is 4.64. The normalized spacial score (nSPS) is 28.1. The number of hydrogen-bond donors (Lipinski definition) is 6. The van der Waals surface area contributed by atoms with Crippen LogP contribution in [0.4, 0.5) is 4.39 Å². The zero-order chi connectivity index (χ0) is 27.3. The van der Waals surface area contributed by atoms with Gasteiger partial charge in [0.15, 0.2) is 11.2 Å². The summed E-state index contributed by atoms with van der Waals surface area (Å²) in [5.74, 6) is -6.79. The highest BCUT2D eigenvalue weighted by Crippen LogP contribution is 2.58. The van der Waals surface area contributed by atoms with Gasteiger partial charge in [-0.05, 0) is 24.6 Å². The molecule has 2 aromatic carbocycles. The molecule has 1 aromatic heterocycles. The summed E-state index contributed by atoms with van der Waals surface area (Å²) in [4.78, 5) is 49.6. The Morgan fingerprint density at radius 2 is 1.57 bits per heavy atom. The Hall–Kier alpha value is -4.17. The maximum absolute atomic E-state index is 16.7. The summed E-state index contributed by atoms with van der Waals surface area (Å²) in [6.45, 7) is 0.707.